The molecule has 0 aromatic carbocycles. The van der Waals surface area contributed by atoms with Crippen molar-refractivity contribution >= 4 is 6.16 Å². The second-order valence-corrected chi connectivity index (χ2v) is 5.12. The molecule has 0 aliphatic heterocycles. The van der Waals surface area contributed by atoms with Crippen LogP contribution in [0.2, 0.25) is 0 Å². The number of carbonyl (C=O) groups is 1. The van der Waals surface area contributed by atoms with E-state index in [-0.39, 0.29) is 12.7 Å². The van der Waals surface area contributed by atoms with Gasteiger partial charge in [-0.2, -0.15) is 0 Å². The highest BCUT2D eigenvalue weighted by atomic mass is 16.7. The number of hydrogen-bond donors (Lipinski definition) is 2. The SMILES string of the molecule is CC.CCC.C[C@@H]1CCC[C@H](OC(=O)OCC(O)CO)C1. The Bertz CT molecular complexity index is 233. The van der Waals surface area contributed by atoms with Gasteiger partial charge in [0.1, 0.15) is 18.8 Å². The average molecular weight is 306 g/mol. The molecule has 0 spiro atoms. The highest BCUT2D eigenvalue weighted by Gasteiger charge is 2.23. The summed E-state index contributed by atoms with van der Waals surface area (Å²) in [6.07, 6.45) is 3.39. The van der Waals surface area contributed by atoms with E-state index >= 15 is 0 Å². The molecule has 2 N–H and O–H groups in total. The van der Waals surface area contributed by atoms with E-state index in [2.05, 4.69) is 25.5 Å². The minimum absolute atomic E-state index is 0.0671. The Morgan fingerprint density at radius 3 is 2.33 bits per heavy atom. The zero-order chi connectivity index (χ0) is 16.7. The summed E-state index contributed by atoms with van der Waals surface area (Å²) in [6.45, 7) is 9.74. The van der Waals surface area contributed by atoms with Crippen LogP contribution >= 0.6 is 0 Å². The maximum atomic E-state index is 11.2. The van der Waals surface area contributed by atoms with E-state index < -0.39 is 18.9 Å². The van der Waals surface area contributed by atoms with Gasteiger partial charge in [0.05, 0.1) is 6.61 Å². The minimum Gasteiger partial charge on any atom is -0.431 e. The summed E-state index contributed by atoms with van der Waals surface area (Å²) < 4.78 is 9.76. The quantitative estimate of drug-likeness (QED) is 0.777. The lowest BCUT2D eigenvalue weighted by molar-refractivity contribution is -0.0241. The lowest BCUT2D eigenvalue weighted by Gasteiger charge is -2.26. The summed E-state index contributed by atoms with van der Waals surface area (Å²) in [4.78, 5) is 11.2. The number of ether oxygens (including phenoxy) is 2. The predicted molar refractivity (Wildman–Crippen MR) is 84.3 cm³/mol. The van der Waals surface area contributed by atoms with E-state index in [1.54, 1.807) is 0 Å². The fraction of sp³-hybridized carbons (Fsp3) is 0.938. The van der Waals surface area contributed by atoms with Crippen molar-refractivity contribution < 1.29 is 24.5 Å². The van der Waals surface area contributed by atoms with Crippen LogP contribution in [0.1, 0.15) is 66.7 Å². The average Bonchev–Trinajstić information content (AvgIpc) is 2.47. The number of rotatable bonds is 4. The van der Waals surface area contributed by atoms with Crippen molar-refractivity contribution in [3.8, 4) is 0 Å². The predicted octanol–water partition coefficient (Wildman–Crippen LogP) is 3.51. The van der Waals surface area contributed by atoms with E-state index in [0.717, 1.165) is 19.3 Å². The molecule has 3 atom stereocenters. The molecule has 0 bridgehead atoms. The van der Waals surface area contributed by atoms with Gasteiger partial charge < -0.3 is 19.7 Å². The molecule has 21 heavy (non-hydrogen) atoms. The minimum atomic E-state index is -1.03. The molecule has 0 aromatic rings. The van der Waals surface area contributed by atoms with Crippen LogP contribution < -0.4 is 0 Å². The van der Waals surface area contributed by atoms with Crippen LogP contribution in [0.4, 0.5) is 4.79 Å². The first-order chi connectivity index (χ1) is 10.0. The number of aliphatic hydroxyl groups is 2. The largest absolute Gasteiger partial charge is 0.508 e. The van der Waals surface area contributed by atoms with Gasteiger partial charge in [0.15, 0.2) is 0 Å². The standard InChI is InChI=1S/C11H20O5.C3H8.C2H6/c1-8-3-2-4-10(5-8)16-11(14)15-7-9(13)6-12;1-3-2;1-2/h8-10,12-13H,2-7H2,1H3;3H2,1-2H3;1-2H3/t8-,9?,10+;;/m1../s1. The van der Waals surface area contributed by atoms with Crippen molar-refractivity contribution in [2.24, 2.45) is 5.92 Å². The molecule has 5 nitrogen and oxygen atoms in total. The molecule has 1 saturated carbocycles. The van der Waals surface area contributed by atoms with Crippen LogP contribution in [0.25, 0.3) is 0 Å². The van der Waals surface area contributed by atoms with Crippen molar-refractivity contribution in [3.63, 3.8) is 0 Å². The van der Waals surface area contributed by atoms with E-state index in [4.69, 9.17) is 14.9 Å². The van der Waals surface area contributed by atoms with Crippen molar-refractivity contribution in [3.05, 3.63) is 0 Å². The summed E-state index contributed by atoms with van der Waals surface area (Å²) in [5.41, 5.74) is 0. The van der Waals surface area contributed by atoms with Crippen LogP contribution in [0.5, 0.6) is 0 Å². The molecule has 0 heterocycles. The smallest absolute Gasteiger partial charge is 0.431 e. The second-order valence-electron chi connectivity index (χ2n) is 5.12. The van der Waals surface area contributed by atoms with Crippen LogP contribution in [0, 0.1) is 5.92 Å². The molecule has 1 fully saturated rings. The molecule has 1 rings (SSSR count). The molecular formula is C16H34O5. The Morgan fingerprint density at radius 1 is 1.29 bits per heavy atom. The second kappa shape index (κ2) is 15.6. The van der Waals surface area contributed by atoms with E-state index in [0.29, 0.717) is 5.92 Å². The Labute approximate surface area is 129 Å². The van der Waals surface area contributed by atoms with E-state index in [1.807, 2.05) is 13.8 Å². The molecule has 0 aromatic heterocycles. The molecule has 128 valence electrons. The first kappa shape index (κ1) is 22.5. The van der Waals surface area contributed by atoms with Gasteiger partial charge in [-0.1, -0.05) is 47.5 Å². The summed E-state index contributed by atoms with van der Waals surface area (Å²) in [7, 11) is 0. The number of carbonyl (C=O) groups excluding carboxylic acids is 1. The molecular weight excluding hydrogens is 272 g/mol. The van der Waals surface area contributed by atoms with Crippen LogP contribution in [-0.4, -0.2) is 41.8 Å². The van der Waals surface area contributed by atoms with Crippen molar-refractivity contribution in [2.75, 3.05) is 13.2 Å². The van der Waals surface area contributed by atoms with Crippen molar-refractivity contribution in [1.29, 1.82) is 0 Å². The molecule has 1 aliphatic rings. The Morgan fingerprint density at radius 2 is 1.86 bits per heavy atom. The fourth-order valence-electron chi connectivity index (χ4n) is 1.87. The molecule has 1 aliphatic carbocycles. The van der Waals surface area contributed by atoms with Crippen LogP contribution in [0.15, 0.2) is 0 Å². The third-order valence-corrected chi connectivity index (χ3v) is 2.76. The lowest BCUT2D eigenvalue weighted by atomic mass is 9.89. The molecule has 0 amide bonds. The number of hydrogen-bond acceptors (Lipinski definition) is 5. The van der Waals surface area contributed by atoms with Gasteiger partial charge >= 0.3 is 6.16 Å². The zero-order valence-corrected chi connectivity index (χ0v) is 14.3. The van der Waals surface area contributed by atoms with Gasteiger partial charge in [0.25, 0.3) is 0 Å². The highest BCUT2D eigenvalue weighted by molar-refractivity contribution is 5.60. The summed E-state index contributed by atoms with van der Waals surface area (Å²) >= 11 is 0. The summed E-state index contributed by atoms with van der Waals surface area (Å²) in [6, 6.07) is 0. The molecule has 0 saturated heterocycles. The van der Waals surface area contributed by atoms with Crippen molar-refractivity contribution in [1.82, 2.24) is 0 Å². The van der Waals surface area contributed by atoms with Crippen LogP contribution in [-0.2, 0) is 9.47 Å². The van der Waals surface area contributed by atoms with E-state index in [9.17, 15) is 4.79 Å². The van der Waals surface area contributed by atoms with E-state index in [1.165, 1.54) is 12.8 Å². The van der Waals surface area contributed by atoms with Gasteiger partial charge in [-0.05, 0) is 25.2 Å². The van der Waals surface area contributed by atoms with Gasteiger partial charge in [-0.15, -0.1) is 0 Å². The first-order valence-electron chi connectivity index (χ1n) is 8.15. The third-order valence-electron chi connectivity index (χ3n) is 2.76. The number of aliphatic hydroxyl groups excluding tert-OH is 2. The Hall–Kier alpha value is -0.810. The van der Waals surface area contributed by atoms with Gasteiger partial charge in [-0.25, -0.2) is 4.79 Å². The normalized spacial score (nSPS) is 21.9. The monoisotopic (exact) mass is 306 g/mol. The lowest BCUT2D eigenvalue weighted by Crippen LogP contribution is -2.27. The maximum absolute atomic E-state index is 11.2. The first-order valence-corrected chi connectivity index (χ1v) is 8.15. The van der Waals surface area contributed by atoms with Gasteiger partial charge in [0, 0.05) is 0 Å². The Balaban J connectivity index is 0. The molecule has 1 unspecified atom stereocenters. The Kier molecular flexibility index (Phi) is 16.7. The third kappa shape index (κ3) is 13.9. The summed E-state index contributed by atoms with van der Waals surface area (Å²) in [5.74, 6) is 0.578. The van der Waals surface area contributed by atoms with Crippen molar-refractivity contribution in [2.45, 2.75) is 78.9 Å². The maximum Gasteiger partial charge on any atom is 0.508 e. The highest BCUT2D eigenvalue weighted by Crippen LogP contribution is 2.25. The topological polar surface area (TPSA) is 76.0 Å². The molecule has 0 radical (unpaired) electrons. The van der Waals surface area contributed by atoms with Gasteiger partial charge in [-0.3, -0.25) is 0 Å². The zero-order valence-electron chi connectivity index (χ0n) is 14.3. The fourth-order valence-corrected chi connectivity index (χ4v) is 1.87. The van der Waals surface area contributed by atoms with Crippen LogP contribution in [0.3, 0.4) is 0 Å². The molecule has 5 heteroatoms. The van der Waals surface area contributed by atoms with Gasteiger partial charge in [0.2, 0.25) is 0 Å². The summed E-state index contributed by atoms with van der Waals surface area (Å²) in [5, 5.41) is 17.5.